The van der Waals surface area contributed by atoms with Gasteiger partial charge < -0.3 is 10.2 Å². The van der Waals surface area contributed by atoms with Crippen LogP contribution in [0.3, 0.4) is 0 Å². The summed E-state index contributed by atoms with van der Waals surface area (Å²) in [6, 6.07) is 6.37. The molecule has 0 bridgehead atoms. The lowest BCUT2D eigenvalue weighted by Crippen LogP contribution is -2.34. The van der Waals surface area contributed by atoms with Gasteiger partial charge in [0, 0.05) is 27.1 Å². The van der Waals surface area contributed by atoms with Crippen molar-refractivity contribution in [3.63, 3.8) is 0 Å². The minimum Gasteiger partial charge on any atom is -0.469 e. The van der Waals surface area contributed by atoms with E-state index in [1.807, 2.05) is 0 Å². The Balaban J connectivity index is 2.22. The number of anilines is 1. The first-order chi connectivity index (χ1) is 9.79. The molecule has 0 radical (unpaired) electrons. The highest BCUT2D eigenvalue weighted by Crippen LogP contribution is 2.32. The SMILES string of the molecule is CC(Cc1ccco1)NS(=O)(=O)c1c(Br)cc(N)cc1Br. The van der Waals surface area contributed by atoms with Gasteiger partial charge in [-0.05, 0) is 63.0 Å². The van der Waals surface area contributed by atoms with Crippen LogP contribution in [0.15, 0.2) is 48.8 Å². The number of hydrogen-bond donors (Lipinski definition) is 2. The van der Waals surface area contributed by atoms with Crippen LogP contribution in [0.25, 0.3) is 0 Å². The number of nitrogen functional groups attached to an aromatic ring is 1. The summed E-state index contributed by atoms with van der Waals surface area (Å²) in [5, 5.41) is 0. The molecule has 0 saturated heterocycles. The number of furan rings is 1. The third-order valence-electron chi connectivity index (χ3n) is 2.73. The van der Waals surface area contributed by atoms with E-state index < -0.39 is 10.0 Å². The molecule has 1 heterocycles. The molecule has 5 nitrogen and oxygen atoms in total. The van der Waals surface area contributed by atoms with Crippen molar-refractivity contribution in [3.8, 4) is 0 Å². The number of halogens is 2. The van der Waals surface area contributed by atoms with Gasteiger partial charge in [0.2, 0.25) is 10.0 Å². The van der Waals surface area contributed by atoms with E-state index in [4.69, 9.17) is 10.2 Å². The first-order valence-electron chi connectivity index (χ1n) is 6.09. The predicted molar refractivity (Wildman–Crippen MR) is 88.4 cm³/mol. The summed E-state index contributed by atoms with van der Waals surface area (Å²) in [7, 11) is -3.68. The Kier molecular flexibility index (Phi) is 5.13. The lowest BCUT2D eigenvalue weighted by Gasteiger charge is -2.15. The predicted octanol–water partition coefficient (Wildman–Crippen LogP) is 3.30. The second kappa shape index (κ2) is 6.51. The van der Waals surface area contributed by atoms with Gasteiger partial charge in [-0.25, -0.2) is 13.1 Å². The molecular formula is C13H14Br2N2O3S. The lowest BCUT2D eigenvalue weighted by molar-refractivity contribution is 0.479. The summed E-state index contributed by atoms with van der Waals surface area (Å²) in [5.41, 5.74) is 6.14. The number of hydrogen-bond acceptors (Lipinski definition) is 4. The molecule has 1 unspecified atom stereocenters. The van der Waals surface area contributed by atoms with Crippen LogP contribution in [-0.4, -0.2) is 14.5 Å². The summed E-state index contributed by atoms with van der Waals surface area (Å²) in [6.45, 7) is 1.78. The molecule has 8 heteroatoms. The first-order valence-corrected chi connectivity index (χ1v) is 9.16. The number of benzene rings is 1. The van der Waals surface area contributed by atoms with Crippen LogP contribution >= 0.6 is 31.9 Å². The summed E-state index contributed by atoms with van der Waals surface area (Å²) >= 11 is 6.47. The monoisotopic (exact) mass is 436 g/mol. The van der Waals surface area contributed by atoms with Gasteiger partial charge in [0.05, 0.1) is 6.26 Å². The van der Waals surface area contributed by atoms with Crippen LogP contribution in [-0.2, 0) is 16.4 Å². The van der Waals surface area contributed by atoms with Gasteiger partial charge in [-0.15, -0.1) is 0 Å². The molecule has 3 N–H and O–H groups in total. The maximum atomic E-state index is 12.5. The van der Waals surface area contributed by atoms with Crippen molar-refractivity contribution in [2.24, 2.45) is 0 Å². The second-order valence-electron chi connectivity index (χ2n) is 4.62. The maximum Gasteiger partial charge on any atom is 0.243 e. The topological polar surface area (TPSA) is 85.3 Å². The standard InChI is InChI=1S/C13H14Br2N2O3S/c1-8(5-10-3-2-4-20-10)17-21(18,19)13-11(14)6-9(16)7-12(13)15/h2-4,6-8,17H,5,16H2,1H3. The quantitative estimate of drug-likeness (QED) is 0.702. The molecule has 0 aliphatic carbocycles. The molecule has 1 aromatic heterocycles. The summed E-state index contributed by atoms with van der Waals surface area (Å²) < 4.78 is 33.6. The molecule has 0 saturated carbocycles. The zero-order valence-electron chi connectivity index (χ0n) is 11.1. The maximum absolute atomic E-state index is 12.5. The molecule has 0 fully saturated rings. The Bertz CT molecular complexity index is 707. The van der Waals surface area contributed by atoms with Crippen LogP contribution in [0.5, 0.6) is 0 Å². The molecule has 2 aromatic rings. The molecule has 114 valence electrons. The fourth-order valence-electron chi connectivity index (χ4n) is 1.93. The van der Waals surface area contributed by atoms with Crippen molar-refractivity contribution < 1.29 is 12.8 Å². The highest BCUT2D eigenvalue weighted by atomic mass is 79.9. The van der Waals surface area contributed by atoms with Crippen LogP contribution < -0.4 is 10.5 Å². The van der Waals surface area contributed by atoms with Crippen molar-refractivity contribution in [2.75, 3.05) is 5.73 Å². The normalized spacial score (nSPS) is 13.3. The van der Waals surface area contributed by atoms with Gasteiger partial charge in [-0.2, -0.15) is 0 Å². The second-order valence-corrected chi connectivity index (χ2v) is 7.98. The molecule has 0 aliphatic rings. The summed E-state index contributed by atoms with van der Waals surface area (Å²) in [6.07, 6.45) is 2.03. The average molecular weight is 438 g/mol. The minimum absolute atomic E-state index is 0.128. The molecule has 0 spiro atoms. The fourth-order valence-corrected chi connectivity index (χ4v) is 5.79. The van der Waals surface area contributed by atoms with E-state index >= 15 is 0 Å². The Morgan fingerprint density at radius 3 is 2.48 bits per heavy atom. The highest BCUT2D eigenvalue weighted by Gasteiger charge is 2.24. The lowest BCUT2D eigenvalue weighted by atomic mass is 10.2. The average Bonchev–Trinajstić information content (AvgIpc) is 2.78. The number of rotatable bonds is 5. The van der Waals surface area contributed by atoms with Crippen LogP contribution in [0, 0.1) is 0 Å². The molecule has 1 atom stereocenters. The van der Waals surface area contributed by atoms with E-state index in [-0.39, 0.29) is 10.9 Å². The molecule has 21 heavy (non-hydrogen) atoms. The Hall–Kier alpha value is -0.830. The smallest absolute Gasteiger partial charge is 0.243 e. The highest BCUT2D eigenvalue weighted by molar-refractivity contribution is 9.11. The Morgan fingerprint density at radius 1 is 1.33 bits per heavy atom. The van der Waals surface area contributed by atoms with Crippen molar-refractivity contribution in [1.82, 2.24) is 4.72 Å². The van der Waals surface area contributed by atoms with Crippen molar-refractivity contribution in [1.29, 1.82) is 0 Å². The zero-order valence-corrected chi connectivity index (χ0v) is 15.1. The van der Waals surface area contributed by atoms with E-state index in [9.17, 15) is 8.42 Å². The van der Waals surface area contributed by atoms with Crippen LogP contribution in [0.2, 0.25) is 0 Å². The van der Waals surface area contributed by atoms with Crippen molar-refractivity contribution in [3.05, 3.63) is 45.2 Å². The Labute approximate surface area is 140 Å². The van der Waals surface area contributed by atoms with Gasteiger partial charge >= 0.3 is 0 Å². The van der Waals surface area contributed by atoms with Gasteiger partial charge in [0.25, 0.3) is 0 Å². The van der Waals surface area contributed by atoms with Crippen molar-refractivity contribution >= 4 is 47.6 Å². The molecule has 2 rings (SSSR count). The Morgan fingerprint density at radius 2 is 1.95 bits per heavy atom. The van der Waals surface area contributed by atoms with Gasteiger partial charge in [0.15, 0.2) is 0 Å². The molecule has 0 amide bonds. The number of nitrogens with two attached hydrogens (primary N) is 1. The minimum atomic E-state index is -3.68. The largest absolute Gasteiger partial charge is 0.469 e. The fraction of sp³-hybridized carbons (Fsp3) is 0.231. The molecule has 0 aliphatic heterocycles. The summed E-state index contributed by atoms with van der Waals surface area (Å²) in [4.78, 5) is 0.128. The van der Waals surface area contributed by atoms with E-state index in [0.29, 0.717) is 21.1 Å². The van der Waals surface area contributed by atoms with Crippen molar-refractivity contribution in [2.45, 2.75) is 24.3 Å². The summed E-state index contributed by atoms with van der Waals surface area (Å²) in [5.74, 6) is 0.723. The molecule has 1 aromatic carbocycles. The third kappa shape index (κ3) is 4.09. The number of nitrogens with one attached hydrogen (secondary N) is 1. The van der Waals surface area contributed by atoms with E-state index in [1.165, 1.54) is 0 Å². The van der Waals surface area contributed by atoms with E-state index in [2.05, 4.69) is 36.6 Å². The van der Waals surface area contributed by atoms with E-state index in [1.54, 1.807) is 37.5 Å². The van der Waals surface area contributed by atoms with E-state index in [0.717, 1.165) is 5.76 Å². The van der Waals surface area contributed by atoms with Crippen LogP contribution in [0.1, 0.15) is 12.7 Å². The third-order valence-corrected chi connectivity index (χ3v) is 6.20. The van der Waals surface area contributed by atoms with Gasteiger partial charge in [-0.1, -0.05) is 0 Å². The first kappa shape index (κ1) is 16.5. The number of sulfonamides is 1. The van der Waals surface area contributed by atoms with Crippen LogP contribution in [0.4, 0.5) is 5.69 Å². The molecular weight excluding hydrogens is 424 g/mol. The van der Waals surface area contributed by atoms with Gasteiger partial charge in [0.1, 0.15) is 10.7 Å². The zero-order chi connectivity index (χ0) is 15.6. The van der Waals surface area contributed by atoms with Gasteiger partial charge in [-0.3, -0.25) is 0 Å².